The van der Waals surface area contributed by atoms with E-state index in [0.29, 0.717) is 18.5 Å². The Morgan fingerprint density at radius 2 is 2.22 bits per heavy atom. The quantitative estimate of drug-likeness (QED) is 0.743. The van der Waals surface area contributed by atoms with E-state index in [0.717, 1.165) is 5.52 Å². The van der Waals surface area contributed by atoms with Crippen LogP contribution in [0, 0.1) is 0 Å². The number of hydrogen-bond acceptors (Lipinski definition) is 3. The average Bonchev–Trinajstić information content (AvgIpc) is 2.73. The summed E-state index contributed by atoms with van der Waals surface area (Å²) in [5.41, 5.74) is 0.735. The zero-order valence-electron chi connectivity index (χ0n) is 9.76. The van der Waals surface area contributed by atoms with Crippen LogP contribution in [0.1, 0.15) is 6.42 Å². The van der Waals surface area contributed by atoms with Gasteiger partial charge in [-0.3, -0.25) is 9.59 Å². The molecule has 0 saturated heterocycles. The van der Waals surface area contributed by atoms with Crippen LogP contribution in [-0.2, 0) is 16.1 Å². The Bertz CT molecular complexity index is 599. The first-order chi connectivity index (χ1) is 8.68. The number of nitrogens with zero attached hydrogens (tertiary/aromatic N) is 1. The molecule has 96 valence electrons. The fourth-order valence-electron chi connectivity index (χ4n) is 1.76. The number of aromatic nitrogens is 2. The van der Waals surface area contributed by atoms with Crippen molar-refractivity contribution < 1.29 is 14.6 Å². The van der Waals surface area contributed by atoms with E-state index in [-0.39, 0.29) is 18.6 Å². The largest absolute Gasteiger partial charge is 0.481 e. The molecule has 2 aromatic rings. The van der Waals surface area contributed by atoms with Crippen LogP contribution < -0.4 is 5.56 Å². The van der Waals surface area contributed by atoms with Crippen molar-refractivity contribution in [3.8, 4) is 0 Å². The molecule has 18 heavy (non-hydrogen) atoms. The van der Waals surface area contributed by atoms with Crippen LogP contribution in [0.5, 0.6) is 0 Å². The van der Waals surface area contributed by atoms with Crippen LogP contribution in [0.3, 0.4) is 0 Å². The van der Waals surface area contributed by atoms with Gasteiger partial charge in [-0.05, 0) is 12.1 Å². The Kier molecular flexibility index (Phi) is 3.78. The maximum Gasteiger partial charge on any atom is 0.305 e. The van der Waals surface area contributed by atoms with Crippen LogP contribution in [0.2, 0.25) is 0 Å². The maximum atomic E-state index is 11.5. The van der Waals surface area contributed by atoms with Crippen molar-refractivity contribution in [2.45, 2.75) is 13.0 Å². The summed E-state index contributed by atoms with van der Waals surface area (Å²) in [6.45, 7) is 1.21. The second-order valence-electron chi connectivity index (χ2n) is 3.87. The van der Waals surface area contributed by atoms with Crippen LogP contribution >= 0.6 is 0 Å². The van der Waals surface area contributed by atoms with Gasteiger partial charge in [0, 0.05) is 18.9 Å². The third kappa shape index (κ3) is 2.78. The number of carboxylic acid groups (broad SMARTS) is 1. The smallest absolute Gasteiger partial charge is 0.305 e. The lowest BCUT2D eigenvalue weighted by atomic mass is 10.3. The molecule has 0 spiro atoms. The normalized spacial score (nSPS) is 10.9. The highest BCUT2D eigenvalue weighted by molar-refractivity contribution is 5.78. The highest BCUT2D eigenvalue weighted by Crippen LogP contribution is 2.10. The minimum absolute atomic E-state index is 0.00605. The van der Waals surface area contributed by atoms with Crippen molar-refractivity contribution in [2.24, 2.45) is 0 Å². The minimum atomic E-state index is -0.868. The molecule has 2 aromatic heterocycles. The van der Waals surface area contributed by atoms with Crippen molar-refractivity contribution >= 4 is 16.9 Å². The predicted molar refractivity (Wildman–Crippen MR) is 65.6 cm³/mol. The van der Waals surface area contributed by atoms with E-state index in [2.05, 4.69) is 4.98 Å². The molecule has 0 fully saturated rings. The number of aromatic amines is 1. The van der Waals surface area contributed by atoms with E-state index in [1.807, 2.05) is 16.8 Å². The molecule has 0 radical (unpaired) electrons. The highest BCUT2D eigenvalue weighted by atomic mass is 16.5. The van der Waals surface area contributed by atoms with Gasteiger partial charge in [0.1, 0.15) is 0 Å². The molecule has 6 nitrogen and oxygen atoms in total. The van der Waals surface area contributed by atoms with Gasteiger partial charge in [-0.25, -0.2) is 0 Å². The molecule has 0 bridgehead atoms. The summed E-state index contributed by atoms with van der Waals surface area (Å²) in [5.74, 6) is -0.868. The predicted octanol–water partition coefficient (Wildman–Crippen LogP) is 0.821. The molecule has 0 aromatic carbocycles. The molecule has 2 heterocycles. The van der Waals surface area contributed by atoms with Crippen LogP contribution in [0.4, 0.5) is 0 Å². The third-order valence-corrected chi connectivity index (χ3v) is 2.64. The summed E-state index contributed by atoms with van der Waals surface area (Å²) in [6.07, 6.45) is 3.43. The van der Waals surface area contributed by atoms with Gasteiger partial charge >= 0.3 is 5.97 Å². The van der Waals surface area contributed by atoms with Gasteiger partial charge in [0.25, 0.3) is 5.56 Å². The van der Waals surface area contributed by atoms with E-state index >= 15 is 0 Å². The van der Waals surface area contributed by atoms with Crippen molar-refractivity contribution in [2.75, 3.05) is 13.2 Å². The monoisotopic (exact) mass is 250 g/mol. The van der Waals surface area contributed by atoms with Crippen LogP contribution in [0.25, 0.3) is 10.9 Å². The molecule has 0 amide bonds. The Labute approximate surface area is 103 Å². The first-order valence-electron chi connectivity index (χ1n) is 5.64. The molecule has 0 aliphatic carbocycles. The van der Waals surface area contributed by atoms with Gasteiger partial charge in [-0.15, -0.1) is 0 Å². The molecular weight excluding hydrogens is 236 g/mol. The van der Waals surface area contributed by atoms with E-state index < -0.39 is 5.97 Å². The number of hydrogen-bond donors (Lipinski definition) is 2. The Morgan fingerprint density at radius 3 is 3.00 bits per heavy atom. The van der Waals surface area contributed by atoms with Crippen LogP contribution in [0.15, 0.2) is 29.3 Å². The zero-order chi connectivity index (χ0) is 13.0. The van der Waals surface area contributed by atoms with Crippen molar-refractivity contribution in [3.63, 3.8) is 0 Å². The van der Waals surface area contributed by atoms with E-state index in [4.69, 9.17) is 9.84 Å². The molecule has 2 rings (SSSR count). The molecule has 0 aliphatic rings. The molecule has 0 aliphatic heterocycles. The molecule has 0 saturated carbocycles. The van der Waals surface area contributed by atoms with Crippen molar-refractivity contribution in [1.82, 2.24) is 9.55 Å². The summed E-state index contributed by atoms with van der Waals surface area (Å²) in [4.78, 5) is 24.4. The number of fused-ring (bicyclic) bond motifs is 1. The summed E-state index contributed by atoms with van der Waals surface area (Å²) in [5, 5.41) is 9.09. The number of rotatable bonds is 6. The molecule has 2 N–H and O–H groups in total. The standard InChI is InChI=1S/C12H14N2O4/c15-11(16)3-7-18-8-6-14-5-2-9-10(14)1-4-13-12(9)17/h1-2,4-5H,3,6-8H2,(H,13,17)(H,15,16). The van der Waals surface area contributed by atoms with Crippen LogP contribution in [-0.4, -0.2) is 33.8 Å². The molecule has 0 atom stereocenters. The lowest BCUT2D eigenvalue weighted by Crippen LogP contribution is -2.09. The third-order valence-electron chi connectivity index (χ3n) is 2.64. The Hall–Kier alpha value is -2.08. The lowest BCUT2D eigenvalue weighted by Gasteiger charge is -2.05. The Morgan fingerprint density at radius 1 is 1.39 bits per heavy atom. The lowest BCUT2D eigenvalue weighted by molar-refractivity contribution is -0.138. The number of nitrogens with one attached hydrogen (secondary N) is 1. The number of carboxylic acids is 1. The van der Waals surface area contributed by atoms with E-state index in [1.54, 1.807) is 12.3 Å². The second-order valence-corrected chi connectivity index (χ2v) is 3.87. The van der Waals surface area contributed by atoms with Gasteiger partial charge in [0.2, 0.25) is 0 Å². The number of ether oxygens (including phenoxy) is 1. The summed E-state index contributed by atoms with van der Waals surface area (Å²) >= 11 is 0. The van der Waals surface area contributed by atoms with Gasteiger partial charge in [0.05, 0.1) is 30.5 Å². The first-order valence-corrected chi connectivity index (χ1v) is 5.64. The number of carbonyl (C=O) groups is 1. The first kappa shape index (κ1) is 12.4. The van der Waals surface area contributed by atoms with E-state index in [1.165, 1.54) is 0 Å². The van der Waals surface area contributed by atoms with Gasteiger partial charge in [-0.2, -0.15) is 0 Å². The fourth-order valence-corrected chi connectivity index (χ4v) is 1.76. The fraction of sp³-hybridized carbons (Fsp3) is 0.333. The second kappa shape index (κ2) is 5.50. The minimum Gasteiger partial charge on any atom is -0.481 e. The van der Waals surface area contributed by atoms with Crippen molar-refractivity contribution in [1.29, 1.82) is 0 Å². The number of pyridine rings is 1. The summed E-state index contributed by atoms with van der Waals surface area (Å²) < 4.78 is 7.12. The van der Waals surface area contributed by atoms with Gasteiger partial charge < -0.3 is 19.4 Å². The van der Waals surface area contributed by atoms with Gasteiger partial charge in [0.15, 0.2) is 0 Å². The number of H-pyrrole nitrogens is 1. The molecule has 0 unspecified atom stereocenters. The van der Waals surface area contributed by atoms with E-state index in [9.17, 15) is 9.59 Å². The Balaban J connectivity index is 1.94. The van der Waals surface area contributed by atoms with Crippen molar-refractivity contribution in [3.05, 3.63) is 34.9 Å². The highest BCUT2D eigenvalue weighted by Gasteiger charge is 2.03. The summed E-state index contributed by atoms with van der Waals surface area (Å²) in [7, 11) is 0. The molecule has 6 heteroatoms. The summed E-state index contributed by atoms with van der Waals surface area (Å²) in [6, 6.07) is 3.58. The zero-order valence-corrected chi connectivity index (χ0v) is 9.76. The average molecular weight is 250 g/mol. The topological polar surface area (TPSA) is 84.3 Å². The van der Waals surface area contributed by atoms with Gasteiger partial charge in [-0.1, -0.05) is 0 Å². The SMILES string of the molecule is O=C(O)CCOCCn1ccc2c(=O)[nH]ccc21. The molecular formula is C12H14N2O4. The maximum absolute atomic E-state index is 11.5. The number of aliphatic carboxylic acids is 1.